The van der Waals surface area contributed by atoms with Gasteiger partial charge >= 0.3 is 0 Å². The largest absolute Gasteiger partial charge is 0.378 e. The first-order chi connectivity index (χ1) is 8.97. The van der Waals surface area contributed by atoms with E-state index in [1.807, 2.05) is 0 Å². The molecule has 0 spiro atoms. The van der Waals surface area contributed by atoms with E-state index < -0.39 is 17.7 Å². The van der Waals surface area contributed by atoms with Crippen LogP contribution in [0.5, 0.6) is 0 Å². The van der Waals surface area contributed by atoms with Crippen LogP contribution in [0, 0.1) is 11.6 Å². The standard InChI is InChI=1S/C14H11Cl2F2N/c1-8(11-6-9(17)2-5-14(11)18)19-10-3-4-12(15)13(16)7-10/h2-8,19H,1H3. The van der Waals surface area contributed by atoms with Crippen molar-refractivity contribution in [3.63, 3.8) is 0 Å². The monoisotopic (exact) mass is 301 g/mol. The van der Waals surface area contributed by atoms with Gasteiger partial charge in [-0.1, -0.05) is 23.2 Å². The fraction of sp³-hybridized carbons (Fsp3) is 0.143. The molecular formula is C14H11Cl2F2N. The molecule has 0 saturated carbocycles. The first-order valence-corrected chi connectivity index (χ1v) is 6.39. The summed E-state index contributed by atoms with van der Waals surface area (Å²) in [6, 6.07) is 7.97. The van der Waals surface area contributed by atoms with E-state index in [9.17, 15) is 8.78 Å². The first kappa shape index (κ1) is 14.1. The lowest BCUT2D eigenvalue weighted by Gasteiger charge is -2.17. The molecule has 19 heavy (non-hydrogen) atoms. The molecule has 0 aromatic heterocycles. The highest BCUT2D eigenvalue weighted by Crippen LogP contribution is 2.28. The normalized spacial score (nSPS) is 12.3. The van der Waals surface area contributed by atoms with Crippen LogP contribution in [-0.4, -0.2) is 0 Å². The number of hydrogen-bond acceptors (Lipinski definition) is 1. The van der Waals surface area contributed by atoms with Crippen LogP contribution in [0.2, 0.25) is 10.0 Å². The minimum absolute atomic E-state index is 0.256. The van der Waals surface area contributed by atoms with Crippen LogP contribution in [0.3, 0.4) is 0 Å². The van der Waals surface area contributed by atoms with Gasteiger partial charge in [-0.2, -0.15) is 0 Å². The van der Waals surface area contributed by atoms with Gasteiger partial charge in [0.15, 0.2) is 0 Å². The Hall–Kier alpha value is -1.32. The van der Waals surface area contributed by atoms with E-state index in [1.54, 1.807) is 25.1 Å². The van der Waals surface area contributed by atoms with E-state index in [0.29, 0.717) is 15.7 Å². The zero-order valence-electron chi connectivity index (χ0n) is 10.1. The second-order valence-electron chi connectivity index (χ2n) is 4.16. The van der Waals surface area contributed by atoms with Crippen LogP contribution < -0.4 is 5.32 Å². The molecular weight excluding hydrogens is 291 g/mol. The van der Waals surface area contributed by atoms with E-state index in [1.165, 1.54) is 6.07 Å². The first-order valence-electron chi connectivity index (χ1n) is 5.64. The Balaban J connectivity index is 2.22. The molecule has 100 valence electrons. The van der Waals surface area contributed by atoms with E-state index in [4.69, 9.17) is 23.2 Å². The summed E-state index contributed by atoms with van der Waals surface area (Å²) >= 11 is 11.7. The Morgan fingerprint density at radius 2 is 1.74 bits per heavy atom. The van der Waals surface area contributed by atoms with Crippen molar-refractivity contribution in [2.24, 2.45) is 0 Å². The van der Waals surface area contributed by atoms with Gasteiger partial charge in [-0.3, -0.25) is 0 Å². The lowest BCUT2D eigenvalue weighted by Crippen LogP contribution is -2.09. The summed E-state index contributed by atoms with van der Waals surface area (Å²) in [6.45, 7) is 1.74. The van der Waals surface area contributed by atoms with Crippen LogP contribution in [0.15, 0.2) is 36.4 Å². The van der Waals surface area contributed by atoms with Gasteiger partial charge < -0.3 is 5.32 Å². The topological polar surface area (TPSA) is 12.0 Å². The van der Waals surface area contributed by atoms with Crippen LogP contribution in [0.4, 0.5) is 14.5 Å². The van der Waals surface area contributed by atoms with Gasteiger partial charge in [0, 0.05) is 11.3 Å². The van der Waals surface area contributed by atoms with Gasteiger partial charge in [0.1, 0.15) is 11.6 Å². The minimum Gasteiger partial charge on any atom is -0.378 e. The molecule has 0 saturated heterocycles. The molecule has 0 bridgehead atoms. The SMILES string of the molecule is CC(Nc1ccc(Cl)c(Cl)c1)c1cc(F)ccc1F. The zero-order valence-corrected chi connectivity index (χ0v) is 11.6. The molecule has 1 unspecified atom stereocenters. The summed E-state index contributed by atoms with van der Waals surface area (Å²) in [6.07, 6.45) is 0. The number of rotatable bonds is 3. The average molecular weight is 302 g/mol. The molecule has 1 atom stereocenters. The third-order valence-corrected chi connectivity index (χ3v) is 3.47. The van der Waals surface area contributed by atoms with Crippen molar-refractivity contribution in [2.45, 2.75) is 13.0 Å². The minimum atomic E-state index is -0.473. The third kappa shape index (κ3) is 3.37. The lowest BCUT2D eigenvalue weighted by molar-refractivity contribution is 0.577. The van der Waals surface area contributed by atoms with Crippen molar-refractivity contribution in [1.29, 1.82) is 0 Å². The van der Waals surface area contributed by atoms with Crippen molar-refractivity contribution in [1.82, 2.24) is 0 Å². The highest BCUT2D eigenvalue weighted by Gasteiger charge is 2.12. The second-order valence-corrected chi connectivity index (χ2v) is 4.98. The summed E-state index contributed by atoms with van der Waals surface area (Å²) in [7, 11) is 0. The Morgan fingerprint density at radius 1 is 1.00 bits per heavy atom. The predicted molar refractivity (Wildman–Crippen MR) is 74.9 cm³/mol. The maximum Gasteiger partial charge on any atom is 0.128 e. The molecule has 0 aliphatic carbocycles. The van der Waals surface area contributed by atoms with Crippen LogP contribution in [0.1, 0.15) is 18.5 Å². The van der Waals surface area contributed by atoms with Gasteiger partial charge in [0.25, 0.3) is 0 Å². The number of anilines is 1. The van der Waals surface area contributed by atoms with E-state index in [0.717, 1.165) is 12.1 Å². The Labute approximate surface area is 120 Å². The van der Waals surface area contributed by atoms with Gasteiger partial charge in [0.05, 0.1) is 16.1 Å². The van der Waals surface area contributed by atoms with Crippen molar-refractivity contribution in [2.75, 3.05) is 5.32 Å². The Bertz CT molecular complexity index is 602. The summed E-state index contributed by atoms with van der Waals surface area (Å²) in [5.74, 6) is -0.930. The molecule has 0 amide bonds. The maximum absolute atomic E-state index is 13.6. The highest BCUT2D eigenvalue weighted by atomic mass is 35.5. The van der Waals surface area contributed by atoms with Crippen molar-refractivity contribution < 1.29 is 8.78 Å². The molecule has 0 heterocycles. The van der Waals surface area contributed by atoms with Gasteiger partial charge in [-0.25, -0.2) is 8.78 Å². The van der Waals surface area contributed by atoms with Gasteiger partial charge in [-0.15, -0.1) is 0 Å². The predicted octanol–water partition coefficient (Wildman–Crippen LogP) is 5.44. The molecule has 1 nitrogen and oxygen atoms in total. The molecule has 2 aromatic rings. The van der Waals surface area contributed by atoms with E-state index in [2.05, 4.69) is 5.32 Å². The Kier molecular flexibility index (Phi) is 4.27. The quantitative estimate of drug-likeness (QED) is 0.795. The number of nitrogens with one attached hydrogen (secondary N) is 1. The highest BCUT2D eigenvalue weighted by molar-refractivity contribution is 6.42. The van der Waals surface area contributed by atoms with E-state index >= 15 is 0 Å². The Morgan fingerprint density at radius 3 is 2.42 bits per heavy atom. The third-order valence-electron chi connectivity index (χ3n) is 2.73. The molecule has 2 aromatic carbocycles. The second kappa shape index (κ2) is 5.76. The van der Waals surface area contributed by atoms with Crippen LogP contribution in [0.25, 0.3) is 0 Å². The smallest absolute Gasteiger partial charge is 0.128 e. The molecule has 0 aliphatic heterocycles. The zero-order chi connectivity index (χ0) is 14.0. The average Bonchev–Trinajstić information content (AvgIpc) is 2.36. The molecule has 0 aliphatic rings. The van der Waals surface area contributed by atoms with Crippen LogP contribution >= 0.6 is 23.2 Å². The lowest BCUT2D eigenvalue weighted by atomic mass is 10.1. The summed E-state index contributed by atoms with van der Waals surface area (Å²) < 4.78 is 26.7. The van der Waals surface area contributed by atoms with Crippen molar-refractivity contribution in [3.05, 3.63) is 63.6 Å². The van der Waals surface area contributed by atoms with E-state index in [-0.39, 0.29) is 5.56 Å². The van der Waals surface area contributed by atoms with Crippen molar-refractivity contribution >= 4 is 28.9 Å². The number of halogens is 4. The fourth-order valence-electron chi connectivity index (χ4n) is 1.76. The molecule has 2 rings (SSSR count). The fourth-order valence-corrected chi connectivity index (χ4v) is 2.06. The summed E-state index contributed by atoms with van der Waals surface area (Å²) in [5, 5.41) is 3.89. The number of benzene rings is 2. The molecule has 5 heteroatoms. The summed E-state index contributed by atoms with van der Waals surface area (Å²) in [4.78, 5) is 0. The van der Waals surface area contributed by atoms with Crippen molar-refractivity contribution in [3.8, 4) is 0 Å². The van der Waals surface area contributed by atoms with Crippen LogP contribution in [-0.2, 0) is 0 Å². The van der Waals surface area contributed by atoms with Gasteiger partial charge in [-0.05, 0) is 43.3 Å². The molecule has 0 fully saturated rings. The van der Waals surface area contributed by atoms with Gasteiger partial charge in [0.2, 0.25) is 0 Å². The maximum atomic E-state index is 13.6. The summed E-state index contributed by atoms with van der Waals surface area (Å²) in [5.41, 5.74) is 0.941. The number of hydrogen-bond donors (Lipinski definition) is 1. The molecule has 0 radical (unpaired) electrons. The molecule has 1 N–H and O–H groups in total.